The van der Waals surface area contributed by atoms with Crippen molar-refractivity contribution in [2.45, 2.75) is 13.3 Å². The summed E-state index contributed by atoms with van der Waals surface area (Å²) in [5.41, 5.74) is 3.26. The van der Waals surface area contributed by atoms with Crippen LogP contribution in [0.5, 0.6) is 0 Å². The standard InChI is InChI=1S/C17H16N4O/c1-13-16(12-17(22)18-14-8-4-2-5-9-14)19-20-21(13)15-10-6-3-7-11-15/h2-11H,12H2,1H3,(H,18,22). The molecule has 22 heavy (non-hydrogen) atoms. The molecule has 1 aromatic heterocycles. The van der Waals surface area contributed by atoms with Crippen LogP contribution in [-0.4, -0.2) is 20.9 Å². The summed E-state index contributed by atoms with van der Waals surface area (Å²) >= 11 is 0. The second-order valence-electron chi connectivity index (χ2n) is 4.96. The van der Waals surface area contributed by atoms with Gasteiger partial charge in [0.05, 0.1) is 23.5 Å². The Balaban J connectivity index is 1.74. The molecule has 0 atom stereocenters. The van der Waals surface area contributed by atoms with E-state index in [2.05, 4.69) is 15.6 Å². The van der Waals surface area contributed by atoms with E-state index in [1.165, 1.54) is 0 Å². The molecule has 3 rings (SSSR count). The van der Waals surface area contributed by atoms with Gasteiger partial charge >= 0.3 is 0 Å². The molecule has 0 spiro atoms. The third-order valence-corrected chi connectivity index (χ3v) is 3.38. The maximum absolute atomic E-state index is 12.1. The summed E-state index contributed by atoms with van der Waals surface area (Å²) in [6, 6.07) is 19.1. The van der Waals surface area contributed by atoms with Crippen molar-refractivity contribution >= 4 is 11.6 Å². The molecule has 1 N–H and O–H groups in total. The van der Waals surface area contributed by atoms with Gasteiger partial charge in [-0.15, -0.1) is 5.10 Å². The van der Waals surface area contributed by atoms with Gasteiger partial charge in [0.15, 0.2) is 0 Å². The van der Waals surface area contributed by atoms with Gasteiger partial charge < -0.3 is 5.32 Å². The minimum absolute atomic E-state index is 0.102. The van der Waals surface area contributed by atoms with E-state index in [0.29, 0.717) is 5.69 Å². The lowest BCUT2D eigenvalue weighted by Gasteiger charge is -2.05. The van der Waals surface area contributed by atoms with Gasteiger partial charge in [0, 0.05) is 5.69 Å². The second kappa shape index (κ2) is 6.22. The third-order valence-electron chi connectivity index (χ3n) is 3.38. The quantitative estimate of drug-likeness (QED) is 0.804. The topological polar surface area (TPSA) is 59.8 Å². The number of carbonyl (C=O) groups excluding carboxylic acids is 1. The van der Waals surface area contributed by atoms with Crippen molar-refractivity contribution in [1.82, 2.24) is 15.0 Å². The molecule has 5 nitrogen and oxygen atoms in total. The number of amides is 1. The zero-order valence-electron chi connectivity index (χ0n) is 12.2. The van der Waals surface area contributed by atoms with Crippen molar-refractivity contribution in [2.24, 2.45) is 0 Å². The van der Waals surface area contributed by atoms with Crippen LogP contribution in [0.2, 0.25) is 0 Å². The first-order chi connectivity index (χ1) is 10.7. The Bertz CT molecular complexity index is 766. The van der Waals surface area contributed by atoms with E-state index in [1.54, 1.807) is 4.68 Å². The number of hydrogen-bond donors (Lipinski definition) is 1. The van der Waals surface area contributed by atoms with Gasteiger partial charge in [-0.05, 0) is 31.2 Å². The maximum atomic E-state index is 12.1. The smallest absolute Gasteiger partial charge is 0.230 e. The number of nitrogens with zero attached hydrogens (tertiary/aromatic N) is 3. The summed E-state index contributed by atoms with van der Waals surface area (Å²) in [5, 5.41) is 11.1. The molecule has 3 aromatic rings. The van der Waals surface area contributed by atoms with Crippen molar-refractivity contribution < 1.29 is 4.79 Å². The zero-order valence-corrected chi connectivity index (χ0v) is 12.2. The van der Waals surface area contributed by atoms with Crippen LogP contribution in [0.1, 0.15) is 11.4 Å². The summed E-state index contributed by atoms with van der Waals surface area (Å²) in [6.45, 7) is 1.91. The Morgan fingerprint density at radius 2 is 1.68 bits per heavy atom. The molecule has 1 amide bonds. The highest BCUT2D eigenvalue weighted by atomic mass is 16.1. The van der Waals surface area contributed by atoms with Crippen molar-refractivity contribution in [2.75, 3.05) is 5.32 Å². The molecular weight excluding hydrogens is 276 g/mol. The van der Waals surface area contributed by atoms with Crippen molar-refractivity contribution in [3.8, 4) is 5.69 Å². The molecule has 0 saturated carbocycles. The van der Waals surface area contributed by atoms with E-state index in [0.717, 1.165) is 17.1 Å². The first-order valence-electron chi connectivity index (χ1n) is 7.05. The lowest BCUT2D eigenvalue weighted by atomic mass is 10.2. The SMILES string of the molecule is Cc1c(CC(=O)Nc2ccccc2)nnn1-c1ccccc1. The summed E-state index contributed by atoms with van der Waals surface area (Å²) in [7, 11) is 0. The maximum Gasteiger partial charge on any atom is 0.230 e. The molecule has 0 fully saturated rings. The monoisotopic (exact) mass is 292 g/mol. The molecule has 0 bridgehead atoms. The number of hydrogen-bond acceptors (Lipinski definition) is 3. The summed E-state index contributed by atoms with van der Waals surface area (Å²) in [6.07, 6.45) is 0.202. The second-order valence-corrected chi connectivity index (χ2v) is 4.96. The van der Waals surface area contributed by atoms with Gasteiger partial charge in [-0.2, -0.15) is 0 Å². The number of aromatic nitrogens is 3. The van der Waals surface area contributed by atoms with Crippen LogP contribution in [-0.2, 0) is 11.2 Å². The number of carbonyl (C=O) groups is 1. The Morgan fingerprint density at radius 3 is 2.36 bits per heavy atom. The van der Waals surface area contributed by atoms with Crippen LogP contribution in [0.4, 0.5) is 5.69 Å². The van der Waals surface area contributed by atoms with Gasteiger partial charge in [0.25, 0.3) is 0 Å². The Labute approximate surface area is 128 Å². The summed E-state index contributed by atoms with van der Waals surface area (Å²) in [4.78, 5) is 12.1. The Kier molecular flexibility index (Phi) is 3.96. The molecule has 0 aliphatic rings. The van der Waals surface area contributed by atoms with E-state index >= 15 is 0 Å². The molecule has 0 aliphatic carbocycles. The summed E-state index contributed by atoms with van der Waals surface area (Å²) < 4.78 is 1.74. The number of rotatable bonds is 4. The van der Waals surface area contributed by atoms with Crippen LogP contribution in [0.25, 0.3) is 5.69 Å². The molecule has 110 valence electrons. The van der Waals surface area contributed by atoms with E-state index in [-0.39, 0.29) is 12.3 Å². The van der Waals surface area contributed by atoms with Crippen LogP contribution >= 0.6 is 0 Å². The Morgan fingerprint density at radius 1 is 1.05 bits per heavy atom. The van der Waals surface area contributed by atoms with Crippen LogP contribution in [0.15, 0.2) is 60.7 Å². The van der Waals surface area contributed by atoms with Gasteiger partial charge in [-0.25, -0.2) is 4.68 Å². The normalized spacial score (nSPS) is 10.4. The largest absolute Gasteiger partial charge is 0.326 e. The molecule has 0 aliphatic heterocycles. The van der Waals surface area contributed by atoms with Gasteiger partial charge in [0.2, 0.25) is 5.91 Å². The van der Waals surface area contributed by atoms with Gasteiger partial charge in [0.1, 0.15) is 0 Å². The van der Waals surface area contributed by atoms with Crippen LogP contribution in [0, 0.1) is 6.92 Å². The van der Waals surface area contributed by atoms with Crippen molar-refractivity contribution in [3.63, 3.8) is 0 Å². The van der Waals surface area contributed by atoms with Gasteiger partial charge in [-0.3, -0.25) is 4.79 Å². The molecule has 2 aromatic carbocycles. The molecular formula is C17H16N4O. The fourth-order valence-electron chi connectivity index (χ4n) is 2.22. The van der Waals surface area contributed by atoms with E-state index < -0.39 is 0 Å². The average Bonchev–Trinajstić information content (AvgIpc) is 2.90. The van der Waals surface area contributed by atoms with Crippen LogP contribution < -0.4 is 5.32 Å². The fraction of sp³-hybridized carbons (Fsp3) is 0.118. The fourth-order valence-corrected chi connectivity index (χ4v) is 2.22. The Hall–Kier alpha value is -2.95. The zero-order chi connectivity index (χ0) is 15.4. The predicted molar refractivity (Wildman–Crippen MR) is 84.9 cm³/mol. The highest BCUT2D eigenvalue weighted by Gasteiger charge is 2.13. The average molecular weight is 292 g/mol. The number of para-hydroxylation sites is 2. The third kappa shape index (κ3) is 3.03. The highest BCUT2D eigenvalue weighted by molar-refractivity contribution is 5.92. The lowest BCUT2D eigenvalue weighted by Crippen LogP contribution is -2.15. The molecule has 1 heterocycles. The van der Waals surface area contributed by atoms with Crippen molar-refractivity contribution in [3.05, 3.63) is 72.1 Å². The molecule has 5 heteroatoms. The molecule has 0 saturated heterocycles. The lowest BCUT2D eigenvalue weighted by molar-refractivity contribution is -0.115. The van der Waals surface area contributed by atoms with E-state index in [4.69, 9.17) is 0 Å². The molecule has 0 unspecified atom stereocenters. The predicted octanol–water partition coefficient (Wildman–Crippen LogP) is 2.76. The summed E-state index contributed by atoms with van der Waals surface area (Å²) in [5.74, 6) is -0.102. The highest BCUT2D eigenvalue weighted by Crippen LogP contribution is 2.13. The minimum atomic E-state index is -0.102. The van der Waals surface area contributed by atoms with Crippen LogP contribution in [0.3, 0.4) is 0 Å². The number of benzene rings is 2. The molecule has 0 radical (unpaired) electrons. The van der Waals surface area contributed by atoms with Gasteiger partial charge in [-0.1, -0.05) is 41.6 Å². The van der Waals surface area contributed by atoms with E-state index in [9.17, 15) is 4.79 Å². The van der Waals surface area contributed by atoms with Crippen molar-refractivity contribution in [1.29, 1.82) is 0 Å². The first-order valence-corrected chi connectivity index (χ1v) is 7.05. The first kappa shape index (κ1) is 14.0. The number of anilines is 1. The van der Waals surface area contributed by atoms with E-state index in [1.807, 2.05) is 67.6 Å². The number of nitrogens with one attached hydrogen (secondary N) is 1. The minimum Gasteiger partial charge on any atom is -0.326 e.